The van der Waals surface area contributed by atoms with Crippen LogP contribution in [0.1, 0.15) is 15.9 Å². The fourth-order valence-electron chi connectivity index (χ4n) is 1.91. The van der Waals surface area contributed by atoms with E-state index in [2.05, 4.69) is 4.98 Å². The number of rotatable bonds is 4. The van der Waals surface area contributed by atoms with E-state index in [-0.39, 0.29) is 17.0 Å². The first kappa shape index (κ1) is 14.0. The second-order valence-corrected chi connectivity index (χ2v) is 4.67. The zero-order valence-electron chi connectivity index (χ0n) is 11.6. The van der Waals surface area contributed by atoms with E-state index in [1.165, 1.54) is 4.57 Å². The van der Waals surface area contributed by atoms with Gasteiger partial charge in [-0.25, -0.2) is 0 Å². The Morgan fingerprint density at radius 2 is 2.00 bits per heavy atom. The van der Waals surface area contributed by atoms with Crippen molar-refractivity contribution in [3.05, 3.63) is 64.3 Å². The van der Waals surface area contributed by atoms with Crippen molar-refractivity contribution in [1.29, 1.82) is 0 Å². The van der Waals surface area contributed by atoms with Crippen molar-refractivity contribution in [3.63, 3.8) is 0 Å². The number of carbonyl (C=O) groups is 1. The number of carbonyl (C=O) groups excluding carboxylic acids is 1. The van der Waals surface area contributed by atoms with Crippen LogP contribution < -0.4 is 5.56 Å². The fourth-order valence-corrected chi connectivity index (χ4v) is 1.91. The van der Waals surface area contributed by atoms with Gasteiger partial charge in [-0.15, -0.1) is 0 Å². The molecule has 104 valence electrons. The SMILES string of the molecule is CN(CCc1ccncc1)C(=O)c1cccn(C)c1=O. The first-order chi connectivity index (χ1) is 9.59. The third-order valence-electron chi connectivity index (χ3n) is 3.19. The lowest BCUT2D eigenvalue weighted by Gasteiger charge is -2.17. The molecule has 0 unspecified atom stereocenters. The van der Waals surface area contributed by atoms with Gasteiger partial charge in [-0.2, -0.15) is 0 Å². The zero-order chi connectivity index (χ0) is 14.5. The van der Waals surface area contributed by atoms with E-state index in [0.29, 0.717) is 6.54 Å². The number of likely N-dealkylation sites (N-methyl/N-ethyl adjacent to an activating group) is 1. The summed E-state index contributed by atoms with van der Waals surface area (Å²) in [6, 6.07) is 7.10. The number of nitrogens with zero attached hydrogens (tertiary/aromatic N) is 3. The molecule has 0 bridgehead atoms. The van der Waals surface area contributed by atoms with Crippen molar-refractivity contribution in [2.75, 3.05) is 13.6 Å². The molecule has 0 fully saturated rings. The van der Waals surface area contributed by atoms with Crippen molar-refractivity contribution < 1.29 is 4.79 Å². The quantitative estimate of drug-likeness (QED) is 0.836. The Morgan fingerprint density at radius 3 is 2.70 bits per heavy atom. The van der Waals surface area contributed by atoms with Gasteiger partial charge in [-0.05, 0) is 36.2 Å². The van der Waals surface area contributed by atoms with Gasteiger partial charge in [0, 0.05) is 39.2 Å². The lowest BCUT2D eigenvalue weighted by atomic mass is 10.2. The molecular formula is C15H17N3O2. The summed E-state index contributed by atoms with van der Waals surface area (Å²) in [5.74, 6) is -0.250. The molecule has 2 rings (SSSR count). The Labute approximate surface area is 117 Å². The summed E-state index contributed by atoms with van der Waals surface area (Å²) in [5, 5.41) is 0. The summed E-state index contributed by atoms with van der Waals surface area (Å²) in [5.41, 5.74) is 1.04. The monoisotopic (exact) mass is 271 g/mol. The molecule has 0 N–H and O–H groups in total. The van der Waals surface area contributed by atoms with E-state index in [4.69, 9.17) is 0 Å². The van der Waals surface area contributed by atoms with Gasteiger partial charge in [0.25, 0.3) is 11.5 Å². The number of pyridine rings is 2. The molecule has 2 aromatic heterocycles. The highest BCUT2D eigenvalue weighted by Crippen LogP contribution is 2.02. The van der Waals surface area contributed by atoms with Crippen molar-refractivity contribution in [2.45, 2.75) is 6.42 Å². The molecule has 0 aromatic carbocycles. The maximum Gasteiger partial charge on any atom is 0.263 e. The first-order valence-corrected chi connectivity index (χ1v) is 6.39. The van der Waals surface area contributed by atoms with Crippen LogP contribution in [0, 0.1) is 0 Å². The average Bonchev–Trinajstić information content (AvgIpc) is 2.48. The average molecular weight is 271 g/mol. The Kier molecular flexibility index (Phi) is 4.30. The first-order valence-electron chi connectivity index (χ1n) is 6.39. The highest BCUT2D eigenvalue weighted by molar-refractivity contribution is 5.93. The van der Waals surface area contributed by atoms with Crippen molar-refractivity contribution in [3.8, 4) is 0 Å². The van der Waals surface area contributed by atoms with Gasteiger partial charge in [0.15, 0.2) is 0 Å². The molecule has 20 heavy (non-hydrogen) atoms. The van der Waals surface area contributed by atoms with Crippen LogP contribution in [0.25, 0.3) is 0 Å². The minimum absolute atomic E-state index is 0.201. The highest BCUT2D eigenvalue weighted by atomic mass is 16.2. The number of hydrogen-bond acceptors (Lipinski definition) is 3. The summed E-state index contributed by atoms with van der Waals surface area (Å²) in [7, 11) is 3.34. The van der Waals surface area contributed by atoms with E-state index < -0.39 is 0 Å². The van der Waals surface area contributed by atoms with Gasteiger partial charge in [0.2, 0.25) is 0 Å². The third-order valence-corrected chi connectivity index (χ3v) is 3.19. The van der Waals surface area contributed by atoms with E-state index >= 15 is 0 Å². The maximum absolute atomic E-state index is 12.2. The Morgan fingerprint density at radius 1 is 1.30 bits per heavy atom. The minimum Gasteiger partial charge on any atom is -0.341 e. The van der Waals surface area contributed by atoms with Crippen molar-refractivity contribution in [1.82, 2.24) is 14.5 Å². The lowest BCUT2D eigenvalue weighted by molar-refractivity contribution is 0.0794. The van der Waals surface area contributed by atoms with Gasteiger partial charge in [-0.3, -0.25) is 14.6 Å². The summed E-state index contributed by atoms with van der Waals surface area (Å²) in [6.45, 7) is 0.556. The van der Waals surface area contributed by atoms with E-state index in [1.807, 2.05) is 12.1 Å². The number of hydrogen-bond donors (Lipinski definition) is 0. The summed E-state index contributed by atoms with van der Waals surface area (Å²) >= 11 is 0. The van der Waals surface area contributed by atoms with Gasteiger partial charge in [-0.1, -0.05) is 0 Å². The van der Waals surface area contributed by atoms with E-state index in [1.54, 1.807) is 49.7 Å². The molecule has 5 nitrogen and oxygen atoms in total. The van der Waals surface area contributed by atoms with Crippen molar-refractivity contribution in [2.24, 2.45) is 7.05 Å². The summed E-state index contributed by atoms with van der Waals surface area (Å²) in [6.07, 6.45) is 5.82. The molecule has 0 saturated carbocycles. The van der Waals surface area contributed by atoms with Gasteiger partial charge < -0.3 is 9.47 Å². The highest BCUT2D eigenvalue weighted by Gasteiger charge is 2.15. The van der Waals surface area contributed by atoms with Crippen LogP contribution >= 0.6 is 0 Å². The van der Waals surface area contributed by atoms with Crippen LogP contribution in [-0.4, -0.2) is 34.0 Å². The van der Waals surface area contributed by atoms with Crippen molar-refractivity contribution >= 4 is 5.91 Å². The summed E-state index contributed by atoms with van der Waals surface area (Å²) < 4.78 is 1.41. The standard InChI is InChI=1S/C15H17N3O2/c1-17-10-3-4-13(14(17)19)15(20)18(2)11-7-12-5-8-16-9-6-12/h3-6,8-10H,7,11H2,1-2H3. The van der Waals surface area contributed by atoms with Crippen LogP contribution in [0.2, 0.25) is 0 Å². The third kappa shape index (κ3) is 3.12. The maximum atomic E-state index is 12.2. The fraction of sp³-hybridized carbons (Fsp3) is 0.267. The molecule has 0 spiro atoms. The van der Waals surface area contributed by atoms with Gasteiger partial charge >= 0.3 is 0 Å². The van der Waals surface area contributed by atoms with Gasteiger partial charge in [0.05, 0.1) is 0 Å². The topological polar surface area (TPSA) is 55.2 Å². The van der Waals surface area contributed by atoms with E-state index in [9.17, 15) is 9.59 Å². The minimum atomic E-state index is -0.270. The largest absolute Gasteiger partial charge is 0.341 e. The van der Waals surface area contributed by atoms with Crippen LogP contribution in [0.15, 0.2) is 47.7 Å². The van der Waals surface area contributed by atoms with Crippen LogP contribution in [0.4, 0.5) is 0 Å². The molecule has 0 saturated heterocycles. The Hall–Kier alpha value is -2.43. The predicted octanol–water partition coefficient (Wildman–Crippen LogP) is 1.09. The molecule has 0 atom stereocenters. The van der Waals surface area contributed by atoms with Crippen LogP contribution in [0.5, 0.6) is 0 Å². The second kappa shape index (κ2) is 6.14. The molecule has 2 heterocycles. The number of aryl methyl sites for hydroxylation is 1. The zero-order valence-corrected chi connectivity index (χ0v) is 11.6. The molecule has 0 aliphatic heterocycles. The molecule has 0 aliphatic carbocycles. The van der Waals surface area contributed by atoms with Gasteiger partial charge in [0.1, 0.15) is 5.56 Å². The number of aromatic nitrogens is 2. The molecule has 5 heteroatoms. The smallest absolute Gasteiger partial charge is 0.263 e. The molecule has 0 radical (unpaired) electrons. The Balaban J connectivity index is 2.06. The lowest BCUT2D eigenvalue weighted by Crippen LogP contribution is -2.34. The molecular weight excluding hydrogens is 254 g/mol. The van der Waals surface area contributed by atoms with Crippen LogP contribution in [0.3, 0.4) is 0 Å². The summed E-state index contributed by atoms with van der Waals surface area (Å²) in [4.78, 5) is 29.7. The normalized spacial score (nSPS) is 10.3. The van der Waals surface area contributed by atoms with Crippen LogP contribution in [-0.2, 0) is 13.5 Å². The second-order valence-electron chi connectivity index (χ2n) is 4.67. The predicted molar refractivity (Wildman–Crippen MR) is 76.6 cm³/mol. The molecule has 0 aliphatic rings. The molecule has 2 aromatic rings. The molecule has 1 amide bonds. The Bertz CT molecular complexity index is 650. The number of amides is 1. The van der Waals surface area contributed by atoms with E-state index in [0.717, 1.165) is 12.0 Å².